The van der Waals surface area contributed by atoms with Crippen LogP contribution in [0, 0.1) is 17.5 Å². The highest BCUT2D eigenvalue weighted by molar-refractivity contribution is 8.00. The lowest BCUT2D eigenvalue weighted by Gasteiger charge is -2.08. The van der Waals surface area contributed by atoms with Gasteiger partial charge in [0.1, 0.15) is 11.6 Å². The Bertz CT molecular complexity index is 619. The van der Waals surface area contributed by atoms with Crippen LogP contribution < -0.4 is 4.72 Å². The molecule has 2 aromatic rings. The molecule has 0 atom stereocenters. The molecule has 0 radical (unpaired) electrons. The minimum absolute atomic E-state index is 0.00379. The topological polar surface area (TPSA) is 29.1 Å². The Labute approximate surface area is 111 Å². The lowest BCUT2D eigenvalue weighted by atomic mass is 10.2. The predicted octanol–water partition coefficient (Wildman–Crippen LogP) is 4.04. The minimum atomic E-state index is -0.734. The van der Waals surface area contributed by atoms with Gasteiger partial charge in [-0.1, -0.05) is 6.07 Å². The summed E-state index contributed by atoms with van der Waals surface area (Å²) in [5.74, 6) is -1.94. The van der Waals surface area contributed by atoms with Crippen molar-refractivity contribution in [1.82, 2.24) is 0 Å². The molecular weight excluding hydrogens is 275 g/mol. The first-order valence-corrected chi connectivity index (χ1v) is 6.05. The normalized spacial score (nSPS) is 10.3. The quantitative estimate of drug-likeness (QED) is 0.678. The molecule has 0 saturated heterocycles. The van der Waals surface area contributed by atoms with Crippen molar-refractivity contribution >= 4 is 23.9 Å². The first kappa shape index (κ1) is 13.5. The van der Waals surface area contributed by atoms with E-state index >= 15 is 0 Å². The average Bonchev–Trinajstić information content (AvgIpc) is 2.41. The maximum absolute atomic E-state index is 13.7. The monoisotopic (exact) mass is 283 g/mol. The van der Waals surface area contributed by atoms with E-state index in [1.807, 2.05) is 0 Å². The highest BCUT2D eigenvalue weighted by Gasteiger charge is 2.09. The Morgan fingerprint density at radius 3 is 2.63 bits per heavy atom. The highest BCUT2D eigenvalue weighted by Crippen LogP contribution is 2.26. The molecule has 1 N–H and O–H groups in total. The van der Waals surface area contributed by atoms with E-state index in [9.17, 15) is 18.0 Å². The summed E-state index contributed by atoms with van der Waals surface area (Å²) in [6.07, 6.45) is 0.383. The lowest BCUT2D eigenvalue weighted by molar-refractivity contribution is 0.112. The third kappa shape index (κ3) is 3.08. The molecule has 0 heterocycles. The number of benzene rings is 2. The second kappa shape index (κ2) is 5.79. The van der Waals surface area contributed by atoms with Gasteiger partial charge in [0, 0.05) is 0 Å². The number of nitrogens with one attached hydrogen (secondary N) is 1. The van der Waals surface area contributed by atoms with Gasteiger partial charge in [-0.25, -0.2) is 13.2 Å². The van der Waals surface area contributed by atoms with Crippen LogP contribution in [0.2, 0.25) is 0 Å². The van der Waals surface area contributed by atoms with Crippen LogP contribution in [0.4, 0.5) is 18.9 Å². The van der Waals surface area contributed by atoms with Crippen molar-refractivity contribution in [3.8, 4) is 0 Å². The third-order valence-corrected chi connectivity index (χ3v) is 3.17. The van der Waals surface area contributed by atoms with Gasteiger partial charge in [0.2, 0.25) is 0 Å². The average molecular weight is 283 g/mol. The molecule has 0 unspecified atom stereocenters. The van der Waals surface area contributed by atoms with Crippen LogP contribution >= 0.6 is 11.9 Å². The van der Waals surface area contributed by atoms with Crippen LogP contribution in [0.25, 0.3) is 0 Å². The molecule has 0 aliphatic rings. The fraction of sp³-hybridized carbons (Fsp3) is 0. The Morgan fingerprint density at radius 1 is 1.11 bits per heavy atom. The summed E-state index contributed by atoms with van der Waals surface area (Å²) < 4.78 is 42.5. The van der Waals surface area contributed by atoms with Gasteiger partial charge in [0.15, 0.2) is 12.1 Å². The van der Waals surface area contributed by atoms with Gasteiger partial charge >= 0.3 is 0 Å². The molecule has 0 aromatic heterocycles. The summed E-state index contributed by atoms with van der Waals surface area (Å²) in [5, 5.41) is 0. The van der Waals surface area contributed by atoms with Gasteiger partial charge in [-0.15, -0.1) is 0 Å². The molecule has 0 fully saturated rings. The summed E-state index contributed by atoms with van der Waals surface area (Å²) in [6, 6.07) is 7.17. The fourth-order valence-electron chi connectivity index (χ4n) is 1.39. The van der Waals surface area contributed by atoms with Gasteiger partial charge in [0.05, 0.1) is 16.1 Å². The molecule has 0 spiro atoms. The van der Waals surface area contributed by atoms with Crippen molar-refractivity contribution in [3.63, 3.8) is 0 Å². The molecule has 6 heteroatoms. The smallest absolute Gasteiger partial charge is 0.157 e. The van der Waals surface area contributed by atoms with Crippen LogP contribution in [0.5, 0.6) is 0 Å². The molecule has 19 heavy (non-hydrogen) atoms. The summed E-state index contributed by atoms with van der Waals surface area (Å²) in [5.41, 5.74) is -0.0800. The van der Waals surface area contributed by atoms with Crippen molar-refractivity contribution in [2.24, 2.45) is 0 Å². The molecule has 0 aliphatic heterocycles. The summed E-state index contributed by atoms with van der Waals surface area (Å²) in [4.78, 5) is 10.6. The third-order valence-electron chi connectivity index (χ3n) is 2.32. The highest BCUT2D eigenvalue weighted by atomic mass is 32.2. The predicted molar refractivity (Wildman–Crippen MR) is 67.6 cm³/mol. The largest absolute Gasteiger partial charge is 0.323 e. The number of hydrogen-bond acceptors (Lipinski definition) is 3. The maximum Gasteiger partial charge on any atom is 0.157 e. The Hall–Kier alpha value is -1.95. The molecule has 0 aliphatic carbocycles. The molecule has 98 valence electrons. The standard InChI is InChI=1S/C13H8F3NOS/c14-9-4-5-10(15)12(6-9)19-17-11-3-1-2-8(7-18)13(11)16/h1-7,17H. The van der Waals surface area contributed by atoms with Gasteiger partial charge < -0.3 is 4.72 Å². The van der Waals surface area contributed by atoms with E-state index in [0.29, 0.717) is 6.29 Å². The van der Waals surface area contributed by atoms with Crippen LogP contribution in [0.3, 0.4) is 0 Å². The number of rotatable bonds is 4. The van der Waals surface area contributed by atoms with E-state index in [-0.39, 0.29) is 16.1 Å². The van der Waals surface area contributed by atoms with E-state index in [2.05, 4.69) is 4.72 Å². The van der Waals surface area contributed by atoms with E-state index < -0.39 is 17.5 Å². The zero-order valence-electron chi connectivity index (χ0n) is 9.49. The number of carbonyl (C=O) groups excluding carboxylic acids is 1. The number of aldehydes is 1. The van der Waals surface area contributed by atoms with Gasteiger partial charge in [-0.3, -0.25) is 4.79 Å². The SMILES string of the molecule is O=Cc1cccc(NSc2cc(F)ccc2F)c1F. The molecule has 0 bridgehead atoms. The zero-order chi connectivity index (χ0) is 13.8. The molecule has 0 saturated carbocycles. The van der Waals surface area contributed by atoms with Crippen molar-refractivity contribution in [2.75, 3.05) is 4.72 Å². The fourth-order valence-corrected chi connectivity index (χ4v) is 2.10. The molecular formula is C13H8F3NOS. The van der Waals surface area contributed by atoms with Crippen molar-refractivity contribution < 1.29 is 18.0 Å². The van der Waals surface area contributed by atoms with Gasteiger partial charge in [0.25, 0.3) is 0 Å². The van der Waals surface area contributed by atoms with Crippen LogP contribution in [-0.4, -0.2) is 6.29 Å². The number of anilines is 1. The first-order chi connectivity index (χ1) is 9.11. The van der Waals surface area contributed by atoms with Gasteiger partial charge in [-0.2, -0.15) is 0 Å². The first-order valence-electron chi connectivity index (χ1n) is 5.23. The molecule has 2 rings (SSSR count). The number of carbonyl (C=O) groups is 1. The van der Waals surface area contributed by atoms with Crippen LogP contribution in [0.1, 0.15) is 10.4 Å². The van der Waals surface area contributed by atoms with E-state index in [0.717, 1.165) is 30.1 Å². The molecule has 2 nitrogen and oxygen atoms in total. The Balaban J connectivity index is 2.19. The van der Waals surface area contributed by atoms with E-state index in [4.69, 9.17) is 0 Å². The van der Waals surface area contributed by atoms with Crippen molar-refractivity contribution in [3.05, 3.63) is 59.4 Å². The summed E-state index contributed by atoms with van der Waals surface area (Å²) in [7, 11) is 0. The molecule has 2 aromatic carbocycles. The Morgan fingerprint density at radius 2 is 1.89 bits per heavy atom. The summed E-state index contributed by atoms with van der Waals surface area (Å²) >= 11 is 0.727. The maximum atomic E-state index is 13.7. The molecule has 0 amide bonds. The number of hydrogen-bond donors (Lipinski definition) is 1. The second-order valence-electron chi connectivity index (χ2n) is 3.61. The van der Waals surface area contributed by atoms with E-state index in [1.54, 1.807) is 0 Å². The van der Waals surface area contributed by atoms with E-state index in [1.165, 1.54) is 18.2 Å². The minimum Gasteiger partial charge on any atom is -0.323 e. The van der Waals surface area contributed by atoms with Gasteiger partial charge in [-0.05, 0) is 42.3 Å². The van der Waals surface area contributed by atoms with Crippen LogP contribution in [-0.2, 0) is 0 Å². The van der Waals surface area contributed by atoms with Crippen LogP contribution in [0.15, 0.2) is 41.3 Å². The number of halogens is 3. The van der Waals surface area contributed by atoms with Crippen molar-refractivity contribution in [1.29, 1.82) is 0 Å². The zero-order valence-corrected chi connectivity index (χ0v) is 10.3. The Kier molecular flexibility index (Phi) is 4.11. The lowest BCUT2D eigenvalue weighted by Crippen LogP contribution is -1.96. The second-order valence-corrected chi connectivity index (χ2v) is 4.45. The summed E-state index contributed by atoms with van der Waals surface area (Å²) in [6.45, 7) is 0. The van der Waals surface area contributed by atoms with Crippen molar-refractivity contribution in [2.45, 2.75) is 4.90 Å².